The fraction of sp³-hybridized carbons (Fsp3) is 0.0833. The molecule has 0 saturated heterocycles. The van der Waals surface area contributed by atoms with Crippen LogP contribution < -0.4 is 4.74 Å². The molecule has 0 aliphatic carbocycles. The molecule has 3 aromatic rings. The maximum Gasteiger partial charge on any atom is 0.243 e. The number of halogens is 3. The minimum Gasteiger partial charge on any atom is -0.437 e. The Morgan fingerprint density at radius 3 is 3.05 bits per heavy atom. The predicted octanol–water partition coefficient (Wildman–Crippen LogP) is 4.88. The lowest BCUT2D eigenvalue weighted by molar-refractivity contribution is 0.457. The van der Waals surface area contributed by atoms with Gasteiger partial charge in [-0.2, -0.15) is 4.98 Å². The van der Waals surface area contributed by atoms with E-state index in [1.807, 2.05) is 16.0 Å². The second-order valence-corrected chi connectivity index (χ2v) is 5.57. The Morgan fingerprint density at radius 1 is 1.47 bits per heavy atom. The molecule has 1 aromatic carbocycles. The highest BCUT2D eigenvalue weighted by Crippen LogP contribution is 2.30. The Morgan fingerprint density at radius 2 is 2.32 bits per heavy atom. The normalized spacial score (nSPS) is 11.1. The second kappa shape index (κ2) is 5.11. The maximum absolute atomic E-state index is 13.4. The van der Waals surface area contributed by atoms with Gasteiger partial charge in [0.05, 0.1) is 10.7 Å². The fourth-order valence-corrected chi connectivity index (χ4v) is 3.02. The second-order valence-electron chi connectivity index (χ2n) is 3.73. The first-order chi connectivity index (χ1) is 9.19. The average molecular weight is 362 g/mol. The van der Waals surface area contributed by atoms with Crippen LogP contribution in [0.25, 0.3) is 4.96 Å². The van der Waals surface area contributed by atoms with Crippen molar-refractivity contribution in [1.29, 1.82) is 0 Å². The molecule has 0 bridgehead atoms. The summed E-state index contributed by atoms with van der Waals surface area (Å²) >= 11 is 10.5. The number of fused-ring (bicyclic) bond motifs is 1. The topological polar surface area (TPSA) is 26.5 Å². The van der Waals surface area contributed by atoms with Gasteiger partial charge in [0.15, 0.2) is 4.96 Å². The van der Waals surface area contributed by atoms with Crippen LogP contribution >= 0.6 is 38.9 Å². The smallest absolute Gasteiger partial charge is 0.243 e. The molecule has 0 N–H and O–H groups in total. The number of benzene rings is 1. The van der Waals surface area contributed by atoms with Crippen LogP contribution in [0.5, 0.6) is 11.6 Å². The van der Waals surface area contributed by atoms with Gasteiger partial charge in [0.25, 0.3) is 0 Å². The summed E-state index contributed by atoms with van der Waals surface area (Å²) in [7, 11) is 0. The number of alkyl halides is 1. The summed E-state index contributed by atoms with van der Waals surface area (Å²) in [6, 6.07) is 4.31. The van der Waals surface area contributed by atoms with Crippen LogP contribution in [0, 0.1) is 5.82 Å². The Hall–Kier alpha value is -1.11. The van der Waals surface area contributed by atoms with E-state index in [1.165, 1.54) is 23.5 Å². The molecule has 3 rings (SSSR count). The number of thiazole rings is 1. The zero-order chi connectivity index (χ0) is 13.4. The first kappa shape index (κ1) is 12.9. The van der Waals surface area contributed by atoms with E-state index >= 15 is 0 Å². The lowest BCUT2D eigenvalue weighted by atomic mass is 10.3. The highest BCUT2D eigenvalue weighted by molar-refractivity contribution is 9.08. The first-order valence-electron chi connectivity index (χ1n) is 5.32. The maximum atomic E-state index is 13.4. The van der Waals surface area contributed by atoms with Gasteiger partial charge in [0.2, 0.25) is 5.88 Å². The van der Waals surface area contributed by atoms with Crippen LogP contribution in [0.1, 0.15) is 5.69 Å². The van der Waals surface area contributed by atoms with Gasteiger partial charge < -0.3 is 4.74 Å². The van der Waals surface area contributed by atoms with Crippen LogP contribution in [0.3, 0.4) is 0 Å². The molecule has 0 radical (unpaired) electrons. The molecule has 2 aromatic heterocycles. The molecule has 19 heavy (non-hydrogen) atoms. The van der Waals surface area contributed by atoms with Crippen molar-refractivity contribution in [3.05, 3.63) is 46.3 Å². The summed E-state index contributed by atoms with van der Waals surface area (Å²) in [5.41, 5.74) is 0.881. The summed E-state index contributed by atoms with van der Waals surface area (Å²) in [5.74, 6) is 0.320. The van der Waals surface area contributed by atoms with Gasteiger partial charge in [-0.15, -0.1) is 11.3 Å². The molecular formula is C12H7BrClFN2OS. The van der Waals surface area contributed by atoms with Gasteiger partial charge in [-0.05, 0) is 12.1 Å². The minimum absolute atomic E-state index is 0.0684. The van der Waals surface area contributed by atoms with E-state index < -0.39 is 5.82 Å². The van der Waals surface area contributed by atoms with Gasteiger partial charge >= 0.3 is 0 Å². The Labute approximate surface area is 125 Å². The number of aromatic nitrogens is 2. The third-order valence-electron chi connectivity index (χ3n) is 2.56. The van der Waals surface area contributed by atoms with Gasteiger partial charge in [-0.25, -0.2) is 4.39 Å². The molecule has 0 aliphatic rings. The van der Waals surface area contributed by atoms with Crippen molar-refractivity contribution in [2.75, 3.05) is 0 Å². The standard InChI is InChI=1S/C12H7BrClFN2OS/c13-6-10-11(16-12-17(10)3-4-19-12)18-7-1-2-8(14)9(15)5-7/h1-5H,6H2. The lowest BCUT2D eigenvalue weighted by Crippen LogP contribution is -1.91. The summed E-state index contributed by atoms with van der Waals surface area (Å²) in [5, 5.41) is 2.61. The molecule has 3 nitrogen and oxygen atoms in total. The highest BCUT2D eigenvalue weighted by atomic mass is 79.9. The fourth-order valence-electron chi connectivity index (χ4n) is 1.67. The molecule has 7 heteroatoms. The van der Waals surface area contributed by atoms with Crippen molar-refractivity contribution in [2.24, 2.45) is 0 Å². The Balaban J connectivity index is 2.00. The number of hydrogen-bond donors (Lipinski definition) is 0. The number of rotatable bonds is 3. The summed E-state index contributed by atoms with van der Waals surface area (Å²) in [6.45, 7) is 0. The third-order valence-corrected chi connectivity index (χ3v) is 4.15. The molecule has 98 valence electrons. The van der Waals surface area contributed by atoms with Crippen molar-refractivity contribution in [2.45, 2.75) is 5.33 Å². The van der Waals surface area contributed by atoms with Crippen LogP contribution in [0.15, 0.2) is 29.8 Å². The van der Waals surface area contributed by atoms with Crippen LogP contribution in [-0.2, 0) is 5.33 Å². The molecule has 0 aliphatic heterocycles. The van der Waals surface area contributed by atoms with Crippen molar-refractivity contribution >= 4 is 43.8 Å². The summed E-state index contributed by atoms with van der Waals surface area (Å²) < 4.78 is 20.9. The summed E-state index contributed by atoms with van der Waals surface area (Å²) in [4.78, 5) is 5.20. The quantitative estimate of drug-likeness (QED) is 0.622. The molecule has 0 fully saturated rings. The highest BCUT2D eigenvalue weighted by Gasteiger charge is 2.14. The zero-order valence-corrected chi connectivity index (χ0v) is 12.6. The third kappa shape index (κ3) is 2.35. The van der Waals surface area contributed by atoms with E-state index in [0.717, 1.165) is 10.7 Å². The monoisotopic (exact) mass is 360 g/mol. The van der Waals surface area contributed by atoms with E-state index in [-0.39, 0.29) is 5.02 Å². The van der Waals surface area contributed by atoms with Crippen molar-refractivity contribution in [1.82, 2.24) is 9.38 Å². The van der Waals surface area contributed by atoms with Crippen molar-refractivity contribution in [3.8, 4) is 11.6 Å². The Kier molecular flexibility index (Phi) is 3.47. The molecule has 0 amide bonds. The largest absolute Gasteiger partial charge is 0.437 e. The lowest BCUT2D eigenvalue weighted by Gasteiger charge is -2.05. The van der Waals surface area contributed by atoms with Crippen molar-refractivity contribution in [3.63, 3.8) is 0 Å². The number of nitrogens with zero attached hydrogens (tertiary/aromatic N) is 2. The summed E-state index contributed by atoms with van der Waals surface area (Å²) in [6.07, 6.45) is 1.92. The molecule has 0 unspecified atom stereocenters. The molecule has 0 atom stereocenters. The van der Waals surface area contributed by atoms with Crippen LogP contribution in [0.2, 0.25) is 5.02 Å². The first-order valence-corrected chi connectivity index (χ1v) is 7.70. The zero-order valence-electron chi connectivity index (χ0n) is 9.44. The van der Waals surface area contributed by atoms with Gasteiger partial charge in [-0.1, -0.05) is 27.5 Å². The number of hydrogen-bond acceptors (Lipinski definition) is 3. The van der Waals surface area contributed by atoms with E-state index in [9.17, 15) is 4.39 Å². The molecule has 2 heterocycles. The van der Waals surface area contributed by atoms with E-state index in [1.54, 1.807) is 6.07 Å². The molecule has 0 spiro atoms. The van der Waals surface area contributed by atoms with E-state index in [0.29, 0.717) is 17.0 Å². The van der Waals surface area contributed by atoms with Crippen molar-refractivity contribution < 1.29 is 9.13 Å². The van der Waals surface area contributed by atoms with E-state index in [4.69, 9.17) is 16.3 Å². The SMILES string of the molecule is Fc1cc(Oc2nc3sccn3c2CBr)ccc1Cl. The van der Waals surface area contributed by atoms with E-state index in [2.05, 4.69) is 20.9 Å². The minimum atomic E-state index is -0.513. The number of ether oxygens (including phenoxy) is 1. The Bertz CT molecular complexity index is 742. The number of imidazole rings is 1. The van der Waals surface area contributed by atoms with Gasteiger partial charge in [0, 0.05) is 23.0 Å². The van der Waals surface area contributed by atoms with Crippen LogP contribution in [-0.4, -0.2) is 9.38 Å². The molecule has 0 saturated carbocycles. The average Bonchev–Trinajstić information content (AvgIpc) is 2.94. The molecular weight excluding hydrogens is 355 g/mol. The van der Waals surface area contributed by atoms with Gasteiger partial charge in [0.1, 0.15) is 11.6 Å². The van der Waals surface area contributed by atoms with Gasteiger partial charge in [-0.3, -0.25) is 4.40 Å². The van der Waals surface area contributed by atoms with Crippen LogP contribution in [0.4, 0.5) is 4.39 Å². The predicted molar refractivity (Wildman–Crippen MR) is 77.2 cm³/mol.